The van der Waals surface area contributed by atoms with Gasteiger partial charge in [0.1, 0.15) is 6.54 Å². The number of aliphatic carboxylic acids is 1. The molecule has 26 heavy (non-hydrogen) atoms. The van der Waals surface area contributed by atoms with E-state index in [1.807, 2.05) is 4.90 Å². The van der Waals surface area contributed by atoms with Gasteiger partial charge in [0.05, 0.1) is 26.2 Å². The molecule has 0 radical (unpaired) electrons. The van der Waals surface area contributed by atoms with Crippen LogP contribution in [0, 0.1) is 30.6 Å². The number of amides is 1. The highest BCUT2D eigenvalue weighted by atomic mass is 16.4. The van der Waals surface area contributed by atoms with Crippen LogP contribution in [0.4, 0.5) is 0 Å². The van der Waals surface area contributed by atoms with Crippen LogP contribution in [0.5, 0.6) is 0 Å². The van der Waals surface area contributed by atoms with E-state index in [4.69, 9.17) is 0 Å². The third-order valence-corrected chi connectivity index (χ3v) is 6.83. The Balaban J connectivity index is 1.35. The fraction of sp³-hybridized carbons (Fsp3) is 0.619. The molecule has 140 valence electrons. The third kappa shape index (κ3) is 3.25. The fourth-order valence-corrected chi connectivity index (χ4v) is 5.41. The summed E-state index contributed by atoms with van der Waals surface area (Å²) in [6, 6.07) is 8.65. The van der Waals surface area contributed by atoms with Gasteiger partial charge in [-0.05, 0) is 38.0 Å². The summed E-state index contributed by atoms with van der Waals surface area (Å²) in [6.07, 6.45) is 2.85. The van der Waals surface area contributed by atoms with E-state index in [1.165, 1.54) is 16.0 Å². The van der Waals surface area contributed by atoms with Gasteiger partial charge in [-0.1, -0.05) is 29.8 Å². The van der Waals surface area contributed by atoms with Gasteiger partial charge >= 0.3 is 0 Å². The molecule has 1 aromatic carbocycles. The number of nitrogens with zero attached hydrogens (tertiary/aromatic N) is 1. The van der Waals surface area contributed by atoms with E-state index in [2.05, 4.69) is 31.2 Å². The maximum absolute atomic E-state index is 13.0. The molecule has 4 atom stereocenters. The van der Waals surface area contributed by atoms with E-state index < -0.39 is 11.9 Å². The van der Waals surface area contributed by atoms with Crippen molar-refractivity contribution < 1.29 is 19.6 Å². The Bertz CT molecular complexity index is 679. The standard InChI is InChI=1S/C21H28N2O3/c1-14-2-4-15(5-3-14)13-22-8-10-23(11-9-22)20(24)18-16-6-7-17(12-16)19(18)21(25)26/h2-5,16-19H,6-13H2,1H3,(H,25,26)/t16-,17-,18+,19+/m1/s1. The number of carbonyl (C=O) groups is 2. The fourth-order valence-electron chi connectivity index (χ4n) is 5.41. The van der Waals surface area contributed by atoms with Gasteiger partial charge in [-0.15, -0.1) is 0 Å². The molecule has 0 unspecified atom stereocenters. The molecular formula is C21H28N2O3. The first-order valence-electron chi connectivity index (χ1n) is 9.91. The van der Waals surface area contributed by atoms with Crippen LogP contribution in [0.25, 0.3) is 0 Å². The number of nitrogens with one attached hydrogen (secondary N) is 1. The smallest absolute Gasteiger partial charge is 0.227 e. The Hall–Kier alpha value is -1.88. The normalized spacial score (nSPS) is 31.3. The van der Waals surface area contributed by atoms with Gasteiger partial charge in [-0.3, -0.25) is 4.79 Å². The molecule has 1 amide bonds. The second-order valence-electron chi connectivity index (χ2n) is 8.44. The Morgan fingerprint density at radius 3 is 2.31 bits per heavy atom. The number of fused-ring (bicyclic) bond motifs is 2. The molecule has 4 rings (SSSR count). The molecule has 1 aromatic rings. The Morgan fingerprint density at radius 2 is 1.69 bits per heavy atom. The van der Waals surface area contributed by atoms with Gasteiger partial charge in [-0.25, -0.2) is 0 Å². The molecule has 2 aliphatic carbocycles. The average Bonchev–Trinajstić information content (AvgIpc) is 3.25. The summed E-state index contributed by atoms with van der Waals surface area (Å²) in [4.78, 5) is 28.0. The topological polar surface area (TPSA) is 64.9 Å². The van der Waals surface area contributed by atoms with Crippen LogP contribution in [0.3, 0.4) is 0 Å². The van der Waals surface area contributed by atoms with Crippen molar-refractivity contribution in [3.63, 3.8) is 0 Å². The zero-order chi connectivity index (χ0) is 18.3. The van der Waals surface area contributed by atoms with E-state index >= 15 is 0 Å². The number of carboxylic acids is 1. The molecule has 0 aromatic heterocycles. The molecule has 5 nitrogen and oxygen atoms in total. The lowest BCUT2D eigenvalue weighted by Gasteiger charge is -2.38. The number of hydrogen-bond acceptors (Lipinski definition) is 3. The van der Waals surface area contributed by atoms with Crippen LogP contribution in [-0.2, 0) is 16.1 Å². The van der Waals surface area contributed by atoms with Crippen molar-refractivity contribution in [1.29, 1.82) is 0 Å². The Morgan fingerprint density at radius 1 is 1.08 bits per heavy atom. The zero-order valence-electron chi connectivity index (χ0n) is 15.4. The average molecular weight is 356 g/mol. The maximum atomic E-state index is 13.0. The predicted molar refractivity (Wildman–Crippen MR) is 95.0 cm³/mol. The number of quaternary nitrogens is 1. The highest BCUT2D eigenvalue weighted by molar-refractivity contribution is 5.85. The van der Waals surface area contributed by atoms with Crippen LogP contribution in [0.1, 0.15) is 30.4 Å². The van der Waals surface area contributed by atoms with Crippen LogP contribution < -0.4 is 10.0 Å². The summed E-state index contributed by atoms with van der Waals surface area (Å²) in [6.45, 7) is 6.39. The van der Waals surface area contributed by atoms with Crippen LogP contribution in [0.15, 0.2) is 24.3 Å². The summed E-state index contributed by atoms with van der Waals surface area (Å²) in [5.74, 6) is -1.42. The highest BCUT2D eigenvalue weighted by Gasteiger charge is 2.52. The van der Waals surface area contributed by atoms with Crippen molar-refractivity contribution in [1.82, 2.24) is 4.90 Å². The van der Waals surface area contributed by atoms with Gasteiger partial charge in [-0.2, -0.15) is 0 Å². The molecule has 5 heteroatoms. The van der Waals surface area contributed by atoms with Gasteiger partial charge < -0.3 is 19.7 Å². The molecular weight excluding hydrogens is 328 g/mol. The van der Waals surface area contributed by atoms with E-state index in [-0.39, 0.29) is 23.7 Å². The molecule has 1 saturated heterocycles. The largest absolute Gasteiger partial charge is 0.550 e. The lowest BCUT2D eigenvalue weighted by atomic mass is 9.78. The minimum absolute atomic E-state index is 0.0702. The summed E-state index contributed by atoms with van der Waals surface area (Å²) >= 11 is 0. The van der Waals surface area contributed by atoms with E-state index in [0.717, 1.165) is 52.0 Å². The summed E-state index contributed by atoms with van der Waals surface area (Å²) in [7, 11) is 0. The molecule has 2 saturated carbocycles. The van der Waals surface area contributed by atoms with Gasteiger partial charge in [0.2, 0.25) is 5.91 Å². The van der Waals surface area contributed by atoms with E-state index in [9.17, 15) is 14.7 Å². The first-order valence-corrected chi connectivity index (χ1v) is 9.91. The Kier molecular flexibility index (Phi) is 4.74. The van der Waals surface area contributed by atoms with Crippen molar-refractivity contribution in [3.05, 3.63) is 35.4 Å². The predicted octanol–water partition coefficient (Wildman–Crippen LogP) is -0.366. The van der Waals surface area contributed by atoms with E-state index in [1.54, 1.807) is 0 Å². The van der Waals surface area contributed by atoms with Gasteiger partial charge in [0.15, 0.2) is 0 Å². The number of carboxylic acid groups (broad SMARTS) is 1. The van der Waals surface area contributed by atoms with E-state index in [0.29, 0.717) is 0 Å². The quantitative estimate of drug-likeness (QED) is 0.801. The summed E-state index contributed by atoms with van der Waals surface area (Å²) in [5, 5.41) is 11.6. The number of piperazine rings is 1. The van der Waals surface area contributed by atoms with Crippen molar-refractivity contribution in [2.45, 2.75) is 32.7 Å². The molecule has 1 heterocycles. The van der Waals surface area contributed by atoms with Crippen molar-refractivity contribution in [3.8, 4) is 0 Å². The van der Waals surface area contributed by atoms with Crippen molar-refractivity contribution in [2.24, 2.45) is 23.7 Å². The monoisotopic (exact) mass is 356 g/mol. The molecule has 0 spiro atoms. The lowest BCUT2D eigenvalue weighted by Crippen LogP contribution is -3.13. The van der Waals surface area contributed by atoms with Crippen LogP contribution in [0.2, 0.25) is 0 Å². The number of benzene rings is 1. The SMILES string of the molecule is Cc1ccc(C[NH+]2CCN(C(=O)[C@H]3[C@@H]4CC[C@H](C4)[C@@H]3C(=O)[O-])CC2)cc1. The molecule has 2 bridgehead atoms. The number of rotatable bonds is 4. The maximum Gasteiger partial charge on any atom is 0.227 e. The van der Waals surface area contributed by atoms with Gasteiger partial charge in [0.25, 0.3) is 0 Å². The minimum atomic E-state index is -1.01. The first kappa shape index (κ1) is 17.5. The molecule has 1 N–H and O–H groups in total. The van der Waals surface area contributed by atoms with Gasteiger partial charge in [0, 0.05) is 23.4 Å². The molecule has 3 aliphatic rings. The zero-order valence-corrected chi connectivity index (χ0v) is 15.4. The summed E-state index contributed by atoms with van der Waals surface area (Å²) in [5.41, 5.74) is 2.60. The number of aryl methyl sites for hydroxylation is 1. The van der Waals surface area contributed by atoms with Crippen molar-refractivity contribution >= 4 is 11.9 Å². The third-order valence-electron chi connectivity index (χ3n) is 6.83. The number of carbonyl (C=O) groups excluding carboxylic acids is 2. The second kappa shape index (κ2) is 7.03. The molecule has 3 fully saturated rings. The van der Waals surface area contributed by atoms with Crippen LogP contribution in [-0.4, -0.2) is 43.0 Å². The summed E-state index contributed by atoms with van der Waals surface area (Å²) < 4.78 is 0. The molecule has 1 aliphatic heterocycles. The first-order chi connectivity index (χ1) is 12.5. The lowest BCUT2D eigenvalue weighted by molar-refractivity contribution is -0.917. The minimum Gasteiger partial charge on any atom is -0.550 e. The van der Waals surface area contributed by atoms with Crippen molar-refractivity contribution in [2.75, 3.05) is 26.2 Å². The second-order valence-corrected chi connectivity index (χ2v) is 8.44. The highest BCUT2D eigenvalue weighted by Crippen LogP contribution is 2.52. The van der Waals surface area contributed by atoms with Crippen LogP contribution >= 0.6 is 0 Å². The Labute approximate surface area is 155 Å². The number of hydrogen-bond donors (Lipinski definition) is 1.